The molecule has 1 rings (SSSR count). The maximum Gasteiger partial charge on any atom is 0.235 e. The third-order valence-corrected chi connectivity index (χ3v) is 2.81. The molecule has 0 spiro atoms. The number of nitrogens with one attached hydrogen (secondary N) is 2. The molecule has 1 aromatic heterocycles. The molecule has 2 amide bonds. The molecule has 2 N–H and O–H groups in total. The molecule has 0 saturated heterocycles. The van der Waals surface area contributed by atoms with Crippen molar-refractivity contribution in [2.75, 3.05) is 6.54 Å². The highest BCUT2D eigenvalue weighted by atomic mass is 16.3. The van der Waals surface area contributed by atoms with E-state index in [1.165, 1.54) is 0 Å². The Labute approximate surface area is 113 Å². The summed E-state index contributed by atoms with van der Waals surface area (Å²) in [5.74, 6) is 0.431. The van der Waals surface area contributed by atoms with Gasteiger partial charge in [-0.05, 0) is 31.9 Å². The Kier molecular flexibility index (Phi) is 5.15. The maximum absolute atomic E-state index is 12.0. The Balaban J connectivity index is 2.50. The van der Waals surface area contributed by atoms with Gasteiger partial charge >= 0.3 is 0 Å². The minimum absolute atomic E-state index is 0.266. The molecule has 0 saturated carbocycles. The summed E-state index contributed by atoms with van der Waals surface area (Å²) in [5, 5.41) is 5.47. The van der Waals surface area contributed by atoms with Crippen molar-refractivity contribution in [1.29, 1.82) is 0 Å². The SMILES string of the molecule is CC(C)CNC(=O)C(C)(C)C(=O)NCc1ccco1. The van der Waals surface area contributed by atoms with E-state index in [2.05, 4.69) is 10.6 Å². The normalized spacial score (nSPS) is 11.4. The van der Waals surface area contributed by atoms with Crippen molar-refractivity contribution in [3.05, 3.63) is 24.2 Å². The highest BCUT2D eigenvalue weighted by molar-refractivity contribution is 6.04. The Bertz CT molecular complexity index is 422. The van der Waals surface area contributed by atoms with Gasteiger partial charge in [-0.3, -0.25) is 9.59 Å². The fourth-order valence-corrected chi connectivity index (χ4v) is 1.42. The van der Waals surface area contributed by atoms with Crippen LogP contribution in [0.2, 0.25) is 0 Å². The monoisotopic (exact) mass is 266 g/mol. The second-order valence-electron chi connectivity index (χ2n) is 5.49. The summed E-state index contributed by atoms with van der Waals surface area (Å²) >= 11 is 0. The molecule has 106 valence electrons. The average Bonchev–Trinajstić information content (AvgIpc) is 2.85. The predicted molar refractivity (Wildman–Crippen MR) is 72.2 cm³/mol. The van der Waals surface area contributed by atoms with E-state index in [4.69, 9.17) is 4.42 Å². The lowest BCUT2D eigenvalue weighted by molar-refractivity contribution is -0.141. The number of hydrogen-bond donors (Lipinski definition) is 2. The topological polar surface area (TPSA) is 71.3 Å². The first-order chi connectivity index (χ1) is 8.84. The number of carbonyl (C=O) groups excluding carboxylic acids is 2. The largest absolute Gasteiger partial charge is 0.467 e. The number of carbonyl (C=O) groups is 2. The second kappa shape index (κ2) is 6.41. The molecule has 19 heavy (non-hydrogen) atoms. The number of rotatable bonds is 6. The van der Waals surface area contributed by atoms with Crippen molar-refractivity contribution in [3.8, 4) is 0 Å². The number of furan rings is 1. The standard InChI is InChI=1S/C14H22N2O3/c1-10(2)8-15-12(17)14(3,4)13(18)16-9-11-6-5-7-19-11/h5-7,10H,8-9H2,1-4H3,(H,15,17)(H,16,18). The van der Waals surface area contributed by atoms with Gasteiger partial charge < -0.3 is 15.1 Å². The van der Waals surface area contributed by atoms with Gasteiger partial charge in [0.2, 0.25) is 11.8 Å². The quantitative estimate of drug-likeness (QED) is 0.770. The van der Waals surface area contributed by atoms with Gasteiger partial charge in [-0.25, -0.2) is 0 Å². The highest BCUT2D eigenvalue weighted by Crippen LogP contribution is 2.16. The molecular weight excluding hydrogens is 244 g/mol. The minimum atomic E-state index is -1.10. The molecule has 0 aromatic carbocycles. The van der Waals surface area contributed by atoms with Gasteiger partial charge in [0.25, 0.3) is 0 Å². The van der Waals surface area contributed by atoms with Crippen molar-refractivity contribution in [2.45, 2.75) is 34.2 Å². The first-order valence-corrected chi connectivity index (χ1v) is 6.43. The molecule has 5 nitrogen and oxygen atoms in total. The van der Waals surface area contributed by atoms with E-state index in [9.17, 15) is 9.59 Å². The van der Waals surface area contributed by atoms with Gasteiger partial charge in [0.15, 0.2) is 0 Å². The van der Waals surface area contributed by atoms with Gasteiger partial charge in [0.1, 0.15) is 11.2 Å². The van der Waals surface area contributed by atoms with Crippen LogP contribution in [0.25, 0.3) is 0 Å². The Hall–Kier alpha value is -1.78. The average molecular weight is 266 g/mol. The second-order valence-corrected chi connectivity index (χ2v) is 5.49. The third kappa shape index (κ3) is 4.43. The summed E-state index contributed by atoms with van der Waals surface area (Å²) in [4.78, 5) is 24.0. The lowest BCUT2D eigenvalue weighted by Gasteiger charge is -2.23. The Morgan fingerprint density at radius 1 is 1.26 bits per heavy atom. The summed E-state index contributed by atoms with van der Waals surface area (Å²) in [7, 11) is 0. The van der Waals surface area contributed by atoms with Crippen LogP contribution in [0, 0.1) is 11.3 Å². The fourth-order valence-electron chi connectivity index (χ4n) is 1.42. The first kappa shape index (κ1) is 15.3. The summed E-state index contributed by atoms with van der Waals surface area (Å²) in [6, 6.07) is 3.52. The summed E-state index contributed by atoms with van der Waals surface area (Å²) in [6.07, 6.45) is 1.54. The van der Waals surface area contributed by atoms with E-state index in [0.29, 0.717) is 18.2 Å². The maximum atomic E-state index is 12.0. The third-order valence-electron chi connectivity index (χ3n) is 2.81. The minimum Gasteiger partial charge on any atom is -0.467 e. The van der Waals surface area contributed by atoms with Crippen LogP contribution in [0.1, 0.15) is 33.5 Å². The summed E-state index contributed by atoms with van der Waals surface area (Å²) in [5.41, 5.74) is -1.10. The van der Waals surface area contributed by atoms with Crippen molar-refractivity contribution in [2.24, 2.45) is 11.3 Å². The van der Waals surface area contributed by atoms with Gasteiger partial charge in [-0.1, -0.05) is 13.8 Å². The van der Waals surface area contributed by atoms with Crippen LogP contribution in [-0.4, -0.2) is 18.4 Å². The van der Waals surface area contributed by atoms with Crippen LogP contribution in [0.5, 0.6) is 0 Å². The molecule has 0 radical (unpaired) electrons. The van der Waals surface area contributed by atoms with Crippen LogP contribution >= 0.6 is 0 Å². The van der Waals surface area contributed by atoms with Crippen molar-refractivity contribution < 1.29 is 14.0 Å². The molecule has 1 aromatic rings. The summed E-state index contributed by atoms with van der Waals surface area (Å²) < 4.78 is 5.12. The van der Waals surface area contributed by atoms with Crippen LogP contribution in [0.3, 0.4) is 0 Å². The smallest absolute Gasteiger partial charge is 0.235 e. The zero-order valence-electron chi connectivity index (χ0n) is 11.9. The lowest BCUT2D eigenvalue weighted by Crippen LogP contribution is -2.48. The number of hydrogen-bond acceptors (Lipinski definition) is 3. The molecule has 0 fully saturated rings. The van der Waals surface area contributed by atoms with Crippen LogP contribution in [-0.2, 0) is 16.1 Å². The van der Waals surface area contributed by atoms with Crippen LogP contribution in [0.15, 0.2) is 22.8 Å². The Morgan fingerprint density at radius 2 is 1.89 bits per heavy atom. The summed E-state index contributed by atoms with van der Waals surface area (Å²) in [6.45, 7) is 8.08. The zero-order chi connectivity index (χ0) is 14.5. The molecule has 0 aliphatic carbocycles. The Morgan fingerprint density at radius 3 is 2.42 bits per heavy atom. The molecule has 0 aliphatic rings. The molecular formula is C14H22N2O3. The van der Waals surface area contributed by atoms with E-state index in [0.717, 1.165) is 0 Å². The molecule has 0 bridgehead atoms. The van der Waals surface area contributed by atoms with Gasteiger partial charge in [-0.15, -0.1) is 0 Å². The van der Waals surface area contributed by atoms with Gasteiger partial charge in [-0.2, -0.15) is 0 Å². The molecule has 0 aliphatic heterocycles. The van der Waals surface area contributed by atoms with E-state index in [-0.39, 0.29) is 18.4 Å². The lowest BCUT2D eigenvalue weighted by atomic mass is 9.91. The van der Waals surface area contributed by atoms with E-state index < -0.39 is 5.41 Å². The van der Waals surface area contributed by atoms with Crippen molar-refractivity contribution >= 4 is 11.8 Å². The predicted octanol–water partition coefficient (Wildman–Crippen LogP) is 1.69. The van der Waals surface area contributed by atoms with Gasteiger partial charge in [0, 0.05) is 6.54 Å². The van der Waals surface area contributed by atoms with E-state index in [1.54, 1.807) is 32.2 Å². The highest BCUT2D eigenvalue weighted by Gasteiger charge is 2.35. The van der Waals surface area contributed by atoms with Crippen LogP contribution in [0.4, 0.5) is 0 Å². The van der Waals surface area contributed by atoms with Crippen molar-refractivity contribution in [1.82, 2.24) is 10.6 Å². The van der Waals surface area contributed by atoms with Crippen molar-refractivity contribution in [3.63, 3.8) is 0 Å². The van der Waals surface area contributed by atoms with E-state index in [1.807, 2.05) is 13.8 Å². The zero-order valence-corrected chi connectivity index (χ0v) is 11.9. The first-order valence-electron chi connectivity index (χ1n) is 6.43. The van der Waals surface area contributed by atoms with Crippen LogP contribution < -0.4 is 10.6 Å². The molecule has 5 heteroatoms. The van der Waals surface area contributed by atoms with Gasteiger partial charge in [0.05, 0.1) is 12.8 Å². The molecule has 0 unspecified atom stereocenters. The van der Waals surface area contributed by atoms with E-state index >= 15 is 0 Å². The molecule has 0 atom stereocenters. The number of amides is 2. The molecule has 1 heterocycles. The fraction of sp³-hybridized carbons (Fsp3) is 0.571.